The third-order valence-electron chi connectivity index (χ3n) is 3.30. The molecule has 0 aliphatic carbocycles. The SMILES string of the molecule is CC.CCC(=O)N1CCN(c2cccc(C)c2)CC1. The van der Waals surface area contributed by atoms with E-state index in [1.807, 2.05) is 25.7 Å². The Morgan fingerprint density at radius 1 is 1.16 bits per heavy atom. The summed E-state index contributed by atoms with van der Waals surface area (Å²) < 4.78 is 0. The van der Waals surface area contributed by atoms with E-state index in [4.69, 9.17) is 0 Å². The molecule has 1 aromatic rings. The van der Waals surface area contributed by atoms with Gasteiger partial charge in [-0.3, -0.25) is 4.79 Å². The number of nitrogens with zero attached hydrogens (tertiary/aromatic N) is 2. The summed E-state index contributed by atoms with van der Waals surface area (Å²) in [4.78, 5) is 15.9. The quantitative estimate of drug-likeness (QED) is 0.817. The number of piperazine rings is 1. The van der Waals surface area contributed by atoms with Crippen LogP contribution < -0.4 is 4.90 Å². The first-order valence-electron chi connectivity index (χ1n) is 7.30. The number of carbonyl (C=O) groups is 1. The van der Waals surface area contributed by atoms with Crippen LogP contribution in [0.2, 0.25) is 0 Å². The average molecular weight is 262 g/mol. The number of rotatable bonds is 2. The van der Waals surface area contributed by atoms with Gasteiger partial charge in [-0.2, -0.15) is 0 Å². The predicted molar refractivity (Wildman–Crippen MR) is 81.6 cm³/mol. The lowest BCUT2D eigenvalue weighted by molar-refractivity contribution is -0.131. The Morgan fingerprint density at radius 3 is 2.32 bits per heavy atom. The molecular formula is C16H26N2O. The molecule has 1 aliphatic heterocycles. The molecule has 3 nitrogen and oxygen atoms in total. The topological polar surface area (TPSA) is 23.6 Å². The van der Waals surface area contributed by atoms with Crippen molar-refractivity contribution in [3.63, 3.8) is 0 Å². The normalized spacial score (nSPS) is 14.7. The summed E-state index contributed by atoms with van der Waals surface area (Å²) in [6, 6.07) is 8.55. The number of carbonyl (C=O) groups excluding carboxylic acids is 1. The average Bonchev–Trinajstić information content (AvgIpc) is 2.48. The van der Waals surface area contributed by atoms with Crippen LogP contribution in [0.4, 0.5) is 5.69 Å². The van der Waals surface area contributed by atoms with E-state index in [1.54, 1.807) is 0 Å². The van der Waals surface area contributed by atoms with E-state index in [-0.39, 0.29) is 5.91 Å². The van der Waals surface area contributed by atoms with Crippen LogP contribution in [-0.4, -0.2) is 37.0 Å². The maximum atomic E-state index is 11.6. The Bertz CT molecular complexity index is 395. The monoisotopic (exact) mass is 262 g/mol. The molecule has 106 valence electrons. The van der Waals surface area contributed by atoms with Gasteiger partial charge in [0.15, 0.2) is 0 Å². The van der Waals surface area contributed by atoms with Gasteiger partial charge in [-0.05, 0) is 24.6 Å². The van der Waals surface area contributed by atoms with Crippen LogP contribution in [0, 0.1) is 6.92 Å². The van der Waals surface area contributed by atoms with E-state index in [2.05, 4.69) is 36.1 Å². The van der Waals surface area contributed by atoms with Gasteiger partial charge in [0.2, 0.25) is 5.91 Å². The molecule has 1 amide bonds. The third kappa shape index (κ3) is 4.27. The molecule has 0 aromatic heterocycles. The highest BCUT2D eigenvalue weighted by atomic mass is 16.2. The van der Waals surface area contributed by atoms with Crippen molar-refractivity contribution in [3.05, 3.63) is 29.8 Å². The number of benzene rings is 1. The fourth-order valence-electron chi connectivity index (χ4n) is 2.26. The van der Waals surface area contributed by atoms with Gasteiger partial charge < -0.3 is 9.80 Å². The standard InChI is InChI=1S/C14H20N2O.C2H6/c1-3-14(17)16-9-7-15(8-10-16)13-6-4-5-12(2)11-13;1-2/h4-6,11H,3,7-10H2,1-2H3;1-2H3. The van der Waals surface area contributed by atoms with Crippen molar-refractivity contribution >= 4 is 11.6 Å². The van der Waals surface area contributed by atoms with Gasteiger partial charge in [-0.25, -0.2) is 0 Å². The molecule has 2 rings (SSSR count). The largest absolute Gasteiger partial charge is 0.368 e. The summed E-state index contributed by atoms with van der Waals surface area (Å²) in [7, 11) is 0. The van der Waals surface area contributed by atoms with Crippen LogP contribution in [0.3, 0.4) is 0 Å². The van der Waals surface area contributed by atoms with Gasteiger partial charge in [0.05, 0.1) is 0 Å². The molecule has 0 spiro atoms. The zero-order valence-electron chi connectivity index (χ0n) is 12.6. The summed E-state index contributed by atoms with van der Waals surface area (Å²) in [5.41, 5.74) is 2.56. The van der Waals surface area contributed by atoms with Gasteiger partial charge in [-0.15, -0.1) is 0 Å². The molecule has 1 aliphatic rings. The van der Waals surface area contributed by atoms with E-state index in [9.17, 15) is 4.79 Å². The summed E-state index contributed by atoms with van der Waals surface area (Å²) >= 11 is 0. The number of hydrogen-bond donors (Lipinski definition) is 0. The molecule has 1 saturated heterocycles. The van der Waals surface area contributed by atoms with E-state index in [0.717, 1.165) is 26.2 Å². The van der Waals surface area contributed by atoms with Crippen molar-refractivity contribution in [2.24, 2.45) is 0 Å². The summed E-state index contributed by atoms with van der Waals surface area (Å²) in [6.45, 7) is 11.6. The van der Waals surface area contributed by atoms with Crippen LogP contribution in [0.25, 0.3) is 0 Å². The highest BCUT2D eigenvalue weighted by molar-refractivity contribution is 5.76. The van der Waals surface area contributed by atoms with Crippen LogP contribution in [0.15, 0.2) is 24.3 Å². The Hall–Kier alpha value is -1.51. The third-order valence-corrected chi connectivity index (χ3v) is 3.30. The number of aryl methyl sites for hydroxylation is 1. The molecule has 1 fully saturated rings. The summed E-state index contributed by atoms with van der Waals surface area (Å²) in [6.07, 6.45) is 0.616. The van der Waals surface area contributed by atoms with E-state index >= 15 is 0 Å². The van der Waals surface area contributed by atoms with Crippen LogP contribution >= 0.6 is 0 Å². The zero-order chi connectivity index (χ0) is 14.3. The number of hydrogen-bond acceptors (Lipinski definition) is 2. The van der Waals surface area contributed by atoms with Crippen molar-refractivity contribution in [1.29, 1.82) is 0 Å². The second-order valence-electron chi connectivity index (χ2n) is 4.56. The highest BCUT2D eigenvalue weighted by Gasteiger charge is 2.19. The number of amides is 1. The van der Waals surface area contributed by atoms with Gasteiger partial charge in [0.1, 0.15) is 0 Å². The summed E-state index contributed by atoms with van der Waals surface area (Å²) in [5.74, 6) is 0.272. The van der Waals surface area contributed by atoms with Crippen molar-refractivity contribution < 1.29 is 4.79 Å². The van der Waals surface area contributed by atoms with Crippen LogP contribution in [0.5, 0.6) is 0 Å². The highest BCUT2D eigenvalue weighted by Crippen LogP contribution is 2.17. The lowest BCUT2D eigenvalue weighted by Crippen LogP contribution is -2.48. The summed E-state index contributed by atoms with van der Waals surface area (Å²) in [5, 5.41) is 0. The predicted octanol–water partition coefficient (Wildman–Crippen LogP) is 3.08. The molecular weight excluding hydrogens is 236 g/mol. The Balaban J connectivity index is 0.000000861. The molecule has 0 unspecified atom stereocenters. The smallest absolute Gasteiger partial charge is 0.222 e. The van der Waals surface area contributed by atoms with Crippen molar-refractivity contribution in [1.82, 2.24) is 4.90 Å². The Labute approximate surface area is 117 Å². The fourth-order valence-corrected chi connectivity index (χ4v) is 2.26. The molecule has 0 saturated carbocycles. The van der Waals surface area contributed by atoms with Crippen LogP contribution in [0.1, 0.15) is 32.8 Å². The van der Waals surface area contributed by atoms with Gasteiger partial charge >= 0.3 is 0 Å². The molecule has 3 heteroatoms. The molecule has 0 N–H and O–H groups in total. The molecule has 1 aromatic carbocycles. The lowest BCUT2D eigenvalue weighted by Gasteiger charge is -2.36. The molecule has 0 atom stereocenters. The first-order chi connectivity index (χ1) is 9.20. The first-order valence-corrected chi connectivity index (χ1v) is 7.30. The fraction of sp³-hybridized carbons (Fsp3) is 0.562. The van der Waals surface area contributed by atoms with E-state index in [0.29, 0.717) is 6.42 Å². The Morgan fingerprint density at radius 2 is 1.79 bits per heavy atom. The molecule has 0 radical (unpaired) electrons. The molecule has 0 bridgehead atoms. The van der Waals surface area contributed by atoms with Gasteiger partial charge in [-0.1, -0.05) is 32.9 Å². The zero-order valence-corrected chi connectivity index (χ0v) is 12.6. The maximum absolute atomic E-state index is 11.6. The molecule has 19 heavy (non-hydrogen) atoms. The second kappa shape index (κ2) is 7.82. The minimum absolute atomic E-state index is 0.272. The minimum Gasteiger partial charge on any atom is -0.368 e. The van der Waals surface area contributed by atoms with Crippen molar-refractivity contribution in [2.45, 2.75) is 34.1 Å². The lowest BCUT2D eigenvalue weighted by atomic mass is 10.2. The number of anilines is 1. The van der Waals surface area contributed by atoms with Crippen LogP contribution in [-0.2, 0) is 4.79 Å². The molecule has 1 heterocycles. The first kappa shape index (κ1) is 15.5. The second-order valence-corrected chi connectivity index (χ2v) is 4.56. The van der Waals surface area contributed by atoms with E-state index in [1.165, 1.54) is 11.3 Å². The van der Waals surface area contributed by atoms with Gasteiger partial charge in [0.25, 0.3) is 0 Å². The maximum Gasteiger partial charge on any atom is 0.222 e. The minimum atomic E-state index is 0.272. The Kier molecular flexibility index (Phi) is 6.40. The van der Waals surface area contributed by atoms with E-state index < -0.39 is 0 Å². The van der Waals surface area contributed by atoms with Crippen molar-refractivity contribution in [2.75, 3.05) is 31.1 Å². The van der Waals surface area contributed by atoms with Crippen molar-refractivity contribution in [3.8, 4) is 0 Å². The van der Waals surface area contributed by atoms with Gasteiger partial charge in [0, 0.05) is 38.3 Å².